The summed E-state index contributed by atoms with van der Waals surface area (Å²) in [5.41, 5.74) is 0.118. The normalized spacial score (nSPS) is 12.9. The zero-order valence-electron chi connectivity index (χ0n) is 17.9. The van der Waals surface area contributed by atoms with E-state index in [0.29, 0.717) is 18.7 Å². The molecule has 9 nitrogen and oxygen atoms in total. The number of rotatable bonds is 12. The van der Waals surface area contributed by atoms with Gasteiger partial charge in [0.2, 0.25) is 5.91 Å². The molecular formula is C20H33N3O6. The van der Waals surface area contributed by atoms with Crippen LogP contribution in [0.2, 0.25) is 0 Å². The summed E-state index contributed by atoms with van der Waals surface area (Å²) in [7, 11) is 0. The maximum absolute atomic E-state index is 12.2. The van der Waals surface area contributed by atoms with Gasteiger partial charge in [-0.3, -0.25) is 4.79 Å². The van der Waals surface area contributed by atoms with Gasteiger partial charge in [0.1, 0.15) is 18.5 Å². The van der Waals surface area contributed by atoms with Crippen molar-refractivity contribution >= 4 is 5.91 Å². The van der Waals surface area contributed by atoms with E-state index in [1.807, 2.05) is 20.8 Å². The van der Waals surface area contributed by atoms with Gasteiger partial charge in [-0.05, 0) is 58.7 Å². The molecule has 0 aliphatic rings. The largest absolute Gasteiger partial charge is 0.491 e. The minimum Gasteiger partial charge on any atom is -0.491 e. The Morgan fingerprint density at radius 3 is 2.38 bits per heavy atom. The van der Waals surface area contributed by atoms with Gasteiger partial charge in [0.25, 0.3) is 5.09 Å². The molecule has 0 radical (unpaired) electrons. The van der Waals surface area contributed by atoms with E-state index < -0.39 is 16.7 Å². The van der Waals surface area contributed by atoms with Gasteiger partial charge in [-0.25, -0.2) is 0 Å². The monoisotopic (exact) mass is 411 g/mol. The highest BCUT2D eigenvalue weighted by atomic mass is 16.9. The number of nitrogens with one attached hydrogen (secondary N) is 2. The first kappa shape index (κ1) is 24.6. The SMILES string of the molecule is CC(C)(C)NCC(O)COc1ccc(CC(=O)NC(C)(C)CCO[N+](=O)[O-])cc1. The van der Waals surface area contributed by atoms with Crippen LogP contribution in [0.15, 0.2) is 24.3 Å². The molecule has 0 saturated heterocycles. The number of nitrogens with zero attached hydrogens (tertiary/aromatic N) is 1. The lowest BCUT2D eigenvalue weighted by Gasteiger charge is -2.25. The summed E-state index contributed by atoms with van der Waals surface area (Å²) in [6, 6.07) is 7.08. The summed E-state index contributed by atoms with van der Waals surface area (Å²) in [5, 5.41) is 25.4. The highest BCUT2D eigenvalue weighted by molar-refractivity contribution is 5.79. The predicted molar refractivity (Wildman–Crippen MR) is 109 cm³/mol. The Morgan fingerprint density at radius 2 is 1.83 bits per heavy atom. The molecule has 1 unspecified atom stereocenters. The van der Waals surface area contributed by atoms with Crippen molar-refractivity contribution in [3.05, 3.63) is 39.9 Å². The van der Waals surface area contributed by atoms with E-state index in [4.69, 9.17) is 4.74 Å². The predicted octanol–water partition coefficient (Wildman–Crippen LogP) is 1.85. The summed E-state index contributed by atoms with van der Waals surface area (Å²) in [5.74, 6) is 0.426. The Hall–Kier alpha value is -2.39. The van der Waals surface area contributed by atoms with Gasteiger partial charge in [-0.2, -0.15) is 0 Å². The third kappa shape index (κ3) is 11.9. The molecule has 1 rings (SSSR count). The molecular weight excluding hydrogens is 378 g/mol. The lowest BCUT2D eigenvalue weighted by atomic mass is 10.0. The van der Waals surface area contributed by atoms with Crippen LogP contribution in [0.3, 0.4) is 0 Å². The van der Waals surface area contributed by atoms with E-state index in [9.17, 15) is 20.0 Å². The average Bonchev–Trinajstić information content (AvgIpc) is 2.57. The topological polar surface area (TPSA) is 123 Å². The van der Waals surface area contributed by atoms with Gasteiger partial charge in [0, 0.05) is 17.6 Å². The van der Waals surface area contributed by atoms with Crippen LogP contribution in [0.5, 0.6) is 5.75 Å². The second-order valence-corrected chi connectivity index (χ2v) is 8.66. The van der Waals surface area contributed by atoms with E-state index in [2.05, 4.69) is 15.5 Å². The van der Waals surface area contributed by atoms with Crippen molar-refractivity contribution in [2.45, 2.75) is 64.6 Å². The average molecular weight is 411 g/mol. The molecule has 164 valence electrons. The highest BCUT2D eigenvalue weighted by Crippen LogP contribution is 2.14. The molecule has 0 aliphatic carbocycles. The Labute approximate surface area is 171 Å². The lowest BCUT2D eigenvalue weighted by molar-refractivity contribution is -0.758. The van der Waals surface area contributed by atoms with Crippen molar-refractivity contribution in [1.29, 1.82) is 0 Å². The first-order valence-corrected chi connectivity index (χ1v) is 9.59. The number of amides is 1. The first-order valence-electron chi connectivity index (χ1n) is 9.59. The van der Waals surface area contributed by atoms with Gasteiger partial charge in [-0.1, -0.05) is 12.1 Å². The molecule has 0 heterocycles. The van der Waals surface area contributed by atoms with E-state index in [-0.39, 0.29) is 31.1 Å². The molecule has 29 heavy (non-hydrogen) atoms. The molecule has 9 heteroatoms. The Kier molecular flexibility index (Phi) is 9.32. The summed E-state index contributed by atoms with van der Waals surface area (Å²) in [6.45, 7) is 10.2. The smallest absolute Gasteiger partial charge is 0.294 e. The molecule has 0 saturated carbocycles. The Bertz CT molecular complexity index is 655. The number of aliphatic hydroxyl groups excluding tert-OH is 1. The standard InChI is InChI=1S/C20H33N3O6/c1-19(2,3)21-13-16(24)14-28-17-8-6-15(7-9-17)12-18(25)22-20(4,5)10-11-29-23(26)27/h6-9,16,21,24H,10-14H2,1-5H3,(H,22,25). The van der Waals surface area contributed by atoms with Crippen molar-refractivity contribution in [2.75, 3.05) is 19.8 Å². The molecule has 3 N–H and O–H groups in total. The quantitative estimate of drug-likeness (QED) is 0.354. The van der Waals surface area contributed by atoms with Crippen LogP contribution in [-0.2, 0) is 16.1 Å². The zero-order valence-corrected chi connectivity index (χ0v) is 17.9. The minimum absolute atomic E-state index is 0.0722. The van der Waals surface area contributed by atoms with Gasteiger partial charge in [0.05, 0.1) is 13.0 Å². The number of ether oxygens (including phenoxy) is 1. The van der Waals surface area contributed by atoms with Crippen LogP contribution < -0.4 is 15.4 Å². The first-order chi connectivity index (χ1) is 13.4. The maximum Gasteiger partial charge on any atom is 0.294 e. The van der Waals surface area contributed by atoms with E-state index >= 15 is 0 Å². The van der Waals surface area contributed by atoms with Crippen molar-refractivity contribution < 1.29 is 24.6 Å². The molecule has 1 amide bonds. The minimum atomic E-state index is -0.846. The molecule has 0 fully saturated rings. The summed E-state index contributed by atoms with van der Waals surface area (Å²) >= 11 is 0. The van der Waals surface area contributed by atoms with Crippen molar-refractivity contribution in [2.24, 2.45) is 0 Å². The Morgan fingerprint density at radius 1 is 1.21 bits per heavy atom. The van der Waals surface area contributed by atoms with E-state index in [1.54, 1.807) is 38.1 Å². The Balaban J connectivity index is 2.41. The summed E-state index contributed by atoms with van der Waals surface area (Å²) in [4.78, 5) is 26.7. The van der Waals surface area contributed by atoms with E-state index in [1.165, 1.54) is 0 Å². The third-order valence-corrected chi connectivity index (χ3v) is 4.00. The second-order valence-electron chi connectivity index (χ2n) is 8.66. The summed E-state index contributed by atoms with van der Waals surface area (Å²) in [6.07, 6.45) is -0.127. The number of aliphatic hydroxyl groups is 1. The van der Waals surface area contributed by atoms with Crippen molar-refractivity contribution in [3.8, 4) is 5.75 Å². The van der Waals surface area contributed by atoms with Crippen LogP contribution in [-0.4, -0.2) is 53.0 Å². The third-order valence-electron chi connectivity index (χ3n) is 4.00. The number of hydrogen-bond acceptors (Lipinski definition) is 7. The van der Waals surface area contributed by atoms with Crippen LogP contribution in [0.1, 0.15) is 46.6 Å². The number of carbonyl (C=O) groups excluding carboxylic acids is 1. The maximum atomic E-state index is 12.2. The lowest BCUT2D eigenvalue weighted by Crippen LogP contribution is -2.45. The molecule has 1 aromatic rings. The van der Waals surface area contributed by atoms with Gasteiger partial charge in [-0.15, -0.1) is 10.1 Å². The molecule has 1 aromatic carbocycles. The highest BCUT2D eigenvalue weighted by Gasteiger charge is 2.21. The van der Waals surface area contributed by atoms with Gasteiger partial charge < -0.3 is 25.3 Å². The van der Waals surface area contributed by atoms with Crippen LogP contribution in [0, 0.1) is 10.1 Å². The van der Waals surface area contributed by atoms with E-state index in [0.717, 1.165) is 5.56 Å². The zero-order chi connectivity index (χ0) is 22.1. The number of carbonyl (C=O) groups is 1. The molecule has 0 bridgehead atoms. The van der Waals surface area contributed by atoms with Crippen molar-refractivity contribution in [3.63, 3.8) is 0 Å². The van der Waals surface area contributed by atoms with Gasteiger partial charge >= 0.3 is 0 Å². The molecule has 0 spiro atoms. The van der Waals surface area contributed by atoms with Crippen LogP contribution >= 0.6 is 0 Å². The number of benzene rings is 1. The fourth-order valence-corrected chi connectivity index (χ4v) is 2.42. The fourth-order valence-electron chi connectivity index (χ4n) is 2.42. The molecule has 1 atom stereocenters. The molecule has 0 aliphatic heterocycles. The fraction of sp³-hybridized carbons (Fsp3) is 0.650. The molecule has 0 aromatic heterocycles. The van der Waals surface area contributed by atoms with Gasteiger partial charge in [0.15, 0.2) is 0 Å². The van der Waals surface area contributed by atoms with Crippen molar-refractivity contribution in [1.82, 2.24) is 10.6 Å². The number of hydrogen-bond donors (Lipinski definition) is 3. The second kappa shape index (κ2) is 11.0. The summed E-state index contributed by atoms with van der Waals surface area (Å²) < 4.78 is 5.58. The van der Waals surface area contributed by atoms with Crippen LogP contribution in [0.25, 0.3) is 0 Å². The number of β-amino-alcohol motifs (C(OH)–C–C–N with tert-alkyl or cyclic N) is 1. The van der Waals surface area contributed by atoms with Crippen LogP contribution in [0.4, 0.5) is 0 Å².